The monoisotopic (exact) mass is 208 g/mol. The van der Waals surface area contributed by atoms with Crippen LogP contribution in [0.1, 0.15) is 51.9 Å². The van der Waals surface area contributed by atoms with Crippen LogP contribution in [0.2, 0.25) is 0 Å². The molecule has 2 heteroatoms. The van der Waals surface area contributed by atoms with E-state index < -0.39 is 0 Å². The summed E-state index contributed by atoms with van der Waals surface area (Å²) >= 11 is 0. The first kappa shape index (κ1) is 14.1. The Balaban J connectivity index is 3.59. The molecular formula is C13H20O2. The van der Waals surface area contributed by atoms with Gasteiger partial charge in [0.25, 0.3) is 0 Å². The number of allylic oxidation sites excluding steroid dienone is 2. The van der Waals surface area contributed by atoms with Crippen molar-refractivity contribution in [3.8, 4) is 0 Å². The van der Waals surface area contributed by atoms with E-state index in [-0.39, 0.29) is 5.92 Å². The van der Waals surface area contributed by atoms with Gasteiger partial charge in [0.1, 0.15) is 0 Å². The third-order valence-electron chi connectivity index (χ3n) is 2.32. The summed E-state index contributed by atoms with van der Waals surface area (Å²) in [7, 11) is 0. The minimum Gasteiger partial charge on any atom is -0.291 e. The van der Waals surface area contributed by atoms with E-state index in [4.69, 9.17) is 0 Å². The van der Waals surface area contributed by atoms with Crippen LogP contribution in [0.15, 0.2) is 12.2 Å². The summed E-state index contributed by atoms with van der Waals surface area (Å²) in [6, 6.07) is 0. The van der Waals surface area contributed by atoms with Crippen LogP contribution in [-0.4, -0.2) is 12.6 Å². The Labute approximate surface area is 92.8 Å². The summed E-state index contributed by atoms with van der Waals surface area (Å²) in [6.07, 6.45) is 14.3. The number of unbranched alkanes of at least 4 members (excludes halogenated alkanes) is 4. The molecule has 0 bridgehead atoms. The Morgan fingerprint density at radius 2 is 1.73 bits per heavy atom. The zero-order chi connectivity index (χ0) is 11.4. The summed E-state index contributed by atoms with van der Waals surface area (Å²) in [4.78, 5) is 20.4. The molecule has 0 saturated carbocycles. The van der Waals surface area contributed by atoms with Crippen molar-refractivity contribution in [1.82, 2.24) is 0 Å². The quantitative estimate of drug-likeness (QED) is 0.408. The molecule has 2 radical (unpaired) electrons. The molecule has 0 unspecified atom stereocenters. The number of carbonyl (C=O) groups excluding carboxylic acids is 2. The van der Waals surface area contributed by atoms with Gasteiger partial charge in [0, 0.05) is 12.8 Å². The lowest BCUT2D eigenvalue weighted by atomic mass is 10.0. The van der Waals surface area contributed by atoms with E-state index in [2.05, 4.69) is 13.0 Å². The van der Waals surface area contributed by atoms with Crippen LogP contribution in [-0.2, 0) is 9.59 Å². The Hall–Kier alpha value is -0.920. The van der Waals surface area contributed by atoms with Gasteiger partial charge in [-0.3, -0.25) is 9.59 Å². The minimum atomic E-state index is 0.00572. The standard InChI is InChI=1S/C13H20O2/c1-2-3-4-5-6-7-8-13(9-11-14)10-12-15/h7-8,13H,2-6,9-10H2,1H3/b8-7+. The second-order valence-electron chi connectivity index (χ2n) is 3.73. The van der Waals surface area contributed by atoms with Crippen LogP contribution in [0.25, 0.3) is 0 Å². The lowest BCUT2D eigenvalue weighted by molar-refractivity contribution is 0.523. The highest BCUT2D eigenvalue weighted by atomic mass is 16.1. The Morgan fingerprint density at radius 1 is 1.07 bits per heavy atom. The molecule has 0 aromatic heterocycles. The van der Waals surface area contributed by atoms with Crippen molar-refractivity contribution in [3.05, 3.63) is 12.2 Å². The van der Waals surface area contributed by atoms with Crippen molar-refractivity contribution < 1.29 is 9.59 Å². The molecule has 2 nitrogen and oxygen atoms in total. The maximum absolute atomic E-state index is 10.2. The van der Waals surface area contributed by atoms with Crippen molar-refractivity contribution in [2.24, 2.45) is 5.92 Å². The van der Waals surface area contributed by atoms with Crippen molar-refractivity contribution in [2.75, 3.05) is 0 Å². The van der Waals surface area contributed by atoms with Gasteiger partial charge in [-0.2, -0.15) is 0 Å². The molecule has 0 aliphatic heterocycles. The van der Waals surface area contributed by atoms with Gasteiger partial charge < -0.3 is 0 Å². The molecule has 0 aromatic carbocycles. The first-order valence-electron chi connectivity index (χ1n) is 5.71. The van der Waals surface area contributed by atoms with Crippen LogP contribution in [0, 0.1) is 5.92 Å². The molecule has 0 saturated heterocycles. The highest BCUT2D eigenvalue weighted by molar-refractivity contribution is 5.56. The van der Waals surface area contributed by atoms with Crippen molar-refractivity contribution in [3.63, 3.8) is 0 Å². The summed E-state index contributed by atoms with van der Waals surface area (Å²) in [5.41, 5.74) is 0. The topological polar surface area (TPSA) is 34.1 Å². The average molecular weight is 208 g/mol. The predicted octanol–water partition coefficient (Wildman–Crippen LogP) is 3.13. The van der Waals surface area contributed by atoms with Crippen LogP contribution in [0.5, 0.6) is 0 Å². The van der Waals surface area contributed by atoms with E-state index in [1.54, 1.807) is 0 Å². The Bertz CT molecular complexity index is 175. The first-order chi connectivity index (χ1) is 7.35. The molecule has 0 aromatic rings. The average Bonchev–Trinajstić information content (AvgIpc) is 2.24. The third-order valence-corrected chi connectivity index (χ3v) is 2.32. The second-order valence-corrected chi connectivity index (χ2v) is 3.73. The predicted molar refractivity (Wildman–Crippen MR) is 62.0 cm³/mol. The SMILES string of the molecule is CCCCCC/C=C/C(C[C]=O)C[C]=O. The van der Waals surface area contributed by atoms with Crippen molar-refractivity contribution in [2.45, 2.75) is 51.9 Å². The number of hydrogen-bond donors (Lipinski definition) is 0. The molecule has 0 atom stereocenters. The van der Waals surface area contributed by atoms with E-state index in [0.717, 1.165) is 6.42 Å². The molecular weight excluding hydrogens is 188 g/mol. The molecule has 0 amide bonds. The van der Waals surface area contributed by atoms with Crippen LogP contribution in [0.3, 0.4) is 0 Å². The molecule has 0 aliphatic rings. The summed E-state index contributed by atoms with van der Waals surface area (Å²) in [5.74, 6) is 0.00572. The third kappa shape index (κ3) is 9.39. The first-order valence-corrected chi connectivity index (χ1v) is 5.71. The molecule has 0 fully saturated rings. The van der Waals surface area contributed by atoms with E-state index in [9.17, 15) is 9.59 Å². The van der Waals surface area contributed by atoms with Gasteiger partial charge in [0.2, 0.25) is 0 Å². The van der Waals surface area contributed by atoms with Crippen LogP contribution in [0.4, 0.5) is 0 Å². The fraction of sp³-hybridized carbons (Fsp3) is 0.692. The maximum atomic E-state index is 10.2. The maximum Gasteiger partial charge on any atom is 0.199 e. The zero-order valence-electron chi connectivity index (χ0n) is 9.50. The fourth-order valence-electron chi connectivity index (χ4n) is 1.40. The molecule has 0 aliphatic carbocycles. The van der Waals surface area contributed by atoms with E-state index >= 15 is 0 Å². The van der Waals surface area contributed by atoms with Gasteiger partial charge in [-0.25, -0.2) is 0 Å². The highest BCUT2D eigenvalue weighted by Crippen LogP contribution is 2.09. The fourth-order valence-corrected chi connectivity index (χ4v) is 1.40. The van der Waals surface area contributed by atoms with Gasteiger partial charge in [-0.1, -0.05) is 38.3 Å². The minimum absolute atomic E-state index is 0.00572. The van der Waals surface area contributed by atoms with Gasteiger partial charge in [0.05, 0.1) is 0 Å². The number of hydrogen-bond acceptors (Lipinski definition) is 2. The summed E-state index contributed by atoms with van der Waals surface area (Å²) in [5, 5.41) is 0. The lowest BCUT2D eigenvalue weighted by Crippen LogP contribution is -1.97. The Morgan fingerprint density at radius 3 is 2.27 bits per heavy atom. The molecule has 84 valence electrons. The zero-order valence-corrected chi connectivity index (χ0v) is 9.50. The van der Waals surface area contributed by atoms with Gasteiger partial charge in [0.15, 0.2) is 12.6 Å². The van der Waals surface area contributed by atoms with E-state index in [0.29, 0.717) is 12.8 Å². The van der Waals surface area contributed by atoms with Crippen molar-refractivity contribution in [1.29, 1.82) is 0 Å². The van der Waals surface area contributed by atoms with Gasteiger partial charge in [-0.15, -0.1) is 0 Å². The van der Waals surface area contributed by atoms with Gasteiger partial charge >= 0.3 is 0 Å². The molecule has 0 spiro atoms. The Kier molecular flexibility index (Phi) is 10.5. The summed E-state index contributed by atoms with van der Waals surface area (Å²) in [6.45, 7) is 2.19. The van der Waals surface area contributed by atoms with E-state index in [1.165, 1.54) is 25.7 Å². The normalized spacial score (nSPS) is 11.1. The molecule has 0 rings (SSSR count). The largest absolute Gasteiger partial charge is 0.291 e. The number of rotatable bonds is 10. The lowest BCUT2D eigenvalue weighted by Gasteiger charge is -2.02. The van der Waals surface area contributed by atoms with Gasteiger partial charge in [-0.05, 0) is 18.8 Å². The van der Waals surface area contributed by atoms with Crippen molar-refractivity contribution >= 4 is 12.6 Å². The second kappa shape index (κ2) is 11.2. The summed E-state index contributed by atoms with van der Waals surface area (Å²) < 4.78 is 0. The smallest absolute Gasteiger partial charge is 0.199 e. The van der Waals surface area contributed by atoms with E-state index in [1.807, 2.05) is 18.6 Å². The van der Waals surface area contributed by atoms with Crippen LogP contribution >= 0.6 is 0 Å². The molecule has 0 heterocycles. The molecule has 0 N–H and O–H groups in total. The van der Waals surface area contributed by atoms with Crippen LogP contribution < -0.4 is 0 Å². The molecule has 15 heavy (non-hydrogen) atoms. The highest BCUT2D eigenvalue weighted by Gasteiger charge is 2.03.